The summed E-state index contributed by atoms with van der Waals surface area (Å²) >= 11 is 5.96. The van der Waals surface area contributed by atoms with Crippen LogP contribution in [0.2, 0.25) is 5.15 Å². The first-order valence-corrected chi connectivity index (χ1v) is 11.2. The molecule has 0 radical (unpaired) electrons. The predicted octanol–water partition coefficient (Wildman–Crippen LogP) is 3.10. The highest BCUT2D eigenvalue weighted by molar-refractivity contribution is 7.89. The molecule has 3 rings (SSSR count). The van der Waals surface area contributed by atoms with E-state index in [0.29, 0.717) is 30.0 Å². The number of hydrogen-bond acceptors (Lipinski definition) is 6. The first-order chi connectivity index (χ1) is 14.3. The molecule has 1 saturated heterocycles. The van der Waals surface area contributed by atoms with E-state index in [1.165, 1.54) is 29.7 Å². The van der Waals surface area contributed by atoms with Gasteiger partial charge in [-0.05, 0) is 43.5 Å². The van der Waals surface area contributed by atoms with Crippen molar-refractivity contribution in [1.29, 1.82) is 0 Å². The Balaban J connectivity index is 1.67. The monoisotopic (exact) mass is 453 g/mol. The fraction of sp³-hybridized carbons (Fsp3) is 0.400. The Hall–Kier alpha value is -2.36. The molecule has 1 amide bonds. The van der Waals surface area contributed by atoms with Crippen LogP contribution in [0, 0.1) is 12.8 Å². The van der Waals surface area contributed by atoms with Gasteiger partial charge >= 0.3 is 0 Å². The maximum absolute atomic E-state index is 12.8. The van der Waals surface area contributed by atoms with Crippen molar-refractivity contribution in [2.75, 3.05) is 32.6 Å². The zero-order chi connectivity index (χ0) is 21.9. The summed E-state index contributed by atoms with van der Waals surface area (Å²) in [5.41, 5.74) is 1.47. The third kappa shape index (κ3) is 4.53. The van der Waals surface area contributed by atoms with Gasteiger partial charge < -0.3 is 14.8 Å². The van der Waals surface area contributed by atoms with Crippen molar-refractivity contribution in [3.8, 4) is 11.5 Å². The summed E-state index contributed by atoms with van der Waals surface area (Å²) in [6.45, 7) is 2.33. The number of amides is 1. The van der Waals surface area contributed by atoms with Crippen LogP contribution in [-0.2, 0) is 14.8 Å². The molecule has 162 valence electrons. The highest BCUT2D eigenvalue weighted by Gasteiger charge is 2.33. The second-order valence-corrected chi connectivity index (χ2v) is 9.25. The van der Waals surface area contributed by atoms with E-state index in [1.54, 1.807) is 19.2 Å². The molecule has 8 nitrogen and oxygen atoms in total. The highest BCUT2D eigenvalue weighted by atomic mass is 35.5. The van der Waals surface area contributed by atoms with Gasteiger partial charge in [0.05, 0.1) is 14.2 Å². The number of nitrogens with one attached hydrogen (secondary N) is 1. The van der Waals surface area contributed by atoms with Gasteiger partial charge in [-0.15, -0.1) is 0 Å². The first-order valence-electron chi connectivity index (χ1n) is 9.42. The number of carbonyl (C=O) groups is 1. The van der Waals surface area contributed by atoms with Crippen LogP contribution < -0.4 is 14.8 Å². The maximum Gasteiger partial charge on any atom is 0.246 e. The molecule has 1 aliphatic rings. The van der Waals surface area contributed by atoms with Gasteiger partial charge in [0.1, 0.15) is 10.0 Å². The topological polar surface area (TPSA) is 97.8 Å². The van der Waals surface area contributed by atoms with Gasteiger partial charge in [0.2, 0.25) is 15.9 Å². The molecule has 1 N–H and O–H groups in total. The molecule has 0 atom stereocenters. The second-order valence-electron chi connectivity index (χ2n) is 6.98. The lowest BCUT2D eigenvalue weighted by Gasteiger charge is -2.30. The molecule has 1 fully saturated rings. The average molecular weight is 454 g/mol. The number of hydrogen-bond donors (Lipinski definition) is 1. The molecule has 0 saturated carbocycles. The molecule has 0 bridgehead atoms. The molecule has 30 heavy (non-hydrogen) atoms. The van der Waals surface area contributed by atoms with Crippen molar-refractivity contribution in [3.05, 3.63) is 41.2 Å². The standard InChI is InChI=1S/C20H24ClN3O5S/c1-13-11-16(28-2)17(29-3)12-15(13)23-20(25)14-6-9-24(10-7-14)30(26,27)18-5-4-8-22-19(18)21/h4-5,8,11-12,14H,6-7,9-10H2,1-3H3,(H,23,25). The largest absolute Gasteiger partial charge is 0.493 e. The highest BCUT2D eigenvalue weighted by Crippen LogP contribution is 2.34. The SMILES string of the molecule is COc1cc(C)c(NC(=O)C2CCN(S(=O)(=O)c3cccnc3Cl)CC2)cc1OC. The van der Waals surface area contributed by atoms with Crippen molar-refractivity contribution < 1.29 is 22.7 Å². The van der Waals surface area contributed by atoms with Crippen LogP contribution in [0.4, 0.5) is 5.69 Å². The number of aromatic nitrogens is 1. The van der Waals surface area contributed by atoms with E-state index in [-0.39, 0.29) is 35.0 Å². The Morgan fingerprint density at radius 2 is 1.83 bits per heavy atom. The lowest BCUT2D eigenvalue weighted by molar-refractivity contribution is -0.120. The normalized spacial score (nSPS) is 15.6. The zero-order valence-corrected chi connectivity index (χ0v) is 18.6. The van der Waals surface area contributed by atoms with Crippen LogP contribution in [0.25, 0.3) is 0 Å². The molecule has 2 aromatic rings. The minimum atomic E-state index is -3.75. The van der Waals surface area contributed by atoms with Gasteiger partial charge in [0.25, 0.3) is 0 Å². The fourth-order valence-electron chi connectivity index (χ4n) is 3.41. The molecular weight excluding hydrogens is 430 g/mol. The van der Waals surface area contributed by atoms with E-state index in [2.05, 4.69) is 10.3 Å². The lowest BCUT2D eigenvalue weighted by atomic mass is 9.97. The number of rotatable bonds is 6. The molecule has 0 spiro atoms. The Bertz CT molecular complexity index is 1040. The van der Waals surface area contributed by atoms with Crippen LogP contribution in [0.15, 0.2) is 35.4 Å². The number of anilines is 1. The quantitative estimate of drug-likeness (QED) is 0.675. The molecular formula is C20H24ClN3O5S. The van der Waals surface area contributed by atoms with Gasteiger partial charge in [-0.25, -0.2) is 13.4 Å². The van der Waals surface area contributed by atoms with Crippen molar-refractivity contribution >= 4 is 33.2 Å². The summed E-state index contributed by atoms with van der Waals surface area (Å²) in [4.78, 5) is 16.6. The van der Waals surface area contributed by atoms with Crippen LogP contribution >= 0.6 is 11.6 Å². The van der Waals surface area contributed by atoms with Crippen molar-refractivity contribution in [1.82, 2.24) is 9.29 Å². The molecule has 0 unspecified atom stereocenters. The summed E-state index contributed by atoms with van der Waals surface area (Å²) < 4.78 is 37.6. The first kappa shape index (κ1) is 22.3. The van der Waals surface area contributed by atoms with Gasteiger partial charge in [-0.1, -0.05) is 11.6 Å². The summed E-state index contributed by atoms with van der Waals surface area (Å²) in [6.07, 6.45) is 2.26. The molecule has 1 aromatic carbocycles. The zero-order valence-electron chi connectivity index (χ0n) is 17.0. The average Bonchev–Trinajstić information content (AvgIpc) is 2.75. The Morgan fingerprint density at radius 1 is 1.20 bits per heavy atom. The molecule has 1 aromatic heterocycles. The summed E-state index contributed by atoms with van der Waals surface area (Å²) in [5.74, 6) is 0.656. The predicted molar refractivity (Wildman–Crippen MR) is 114 cm³/mol. The summed E-state index contributed by atoms with van der Waals surface area (Å²) in [7, 11) is -0.665. The van der Waals surface area contributed by atoms with E-state index >= 15 is 0 Å². The van der Waals surface area contributed by atoms with E-state index in [4.69, 9.17) is 21.1 Å². The van der Waals surface area contributed by atoms with Gasteiger partial charge in [-0.3, -0.25) is 4.79 Å². The third-order valence-electron chi connectivity index (χ3n) is 5.16. The Labute approximate surface area is 181 Å². The van der Waals surface area contributed by atoms with Crippen LogP contribution in [0.5, 0.6) is 11.5 Å². The number of nitrogens with zero attached hydrogens (tertiary/aromatic N) is 2. The number of methoxy groups -OCH3 is 2. The number of aryl methyl sites for hydroxylation is 1. The minimum Gasteiger partial charge on any atom is -0.493 e. The Morgan fingerprint density at radius 3 is 2.43 bits per heavy atom. The molecule has 1 aliphatic heterocycles. The van der Waals surface area contributed by atoms with Crippen LogP contribution in [0.3, 0.4) is 0 Å². The van der Waals surface area contributed by atoms with E-state index in [0.717, 1.165) is 5.56 Å². The number of carbonyl (C=O) groups excluding carboxylic acids is 1. The second kappa shape index (κ2) is 9.20. The van der Waals surface area contributed by atoms with Gasteiger partial charge in [0.15, 0.2) is 11.5 Å². The minimum absolute atomic E-state index is 0.0180. The van der Waals surface area contributed by atoms with Gasteiger partial charge in [0, 0.05) is 37.0 Å². The molecule has 0 aliphatic carbocycles. The Kier molecular flexibility index (Phi) is 6.84. The molecule has 10 heteroatoms. The van der Waals surface area contributed by atoms with E-state index in [1.807, 2.05) is 6.92 Å². The van der Waals surface area contributed by atoms with E-state index in [9.17, 15) is 13.2 Å². The molecule has 2 heterocycles. The third-order valence-corrected chi connectivity index (χ3v) is 7.50. The number of pyridine rings is 1. The lowest BCUT2D eigenvalue weighted by Crippen LogP contribution is -2.41. The van der Waals surface area contributed by atoms with Crippen LogP contribution in [0.1, 0.15) is 18.4 Å². The van der Waals surface area contributed by atoms with Crippen molar-refractivity contribution in [3.63, 3.8) is 0 Å². The number of halogens is 1. The van der Waals surface area contributed by atoms with Gasteiger partial charge in [-0.2, -0.15) is 4.31 Å². The fourth-order valence-corrected chi connectivity index (χ4v) is 5.31. The number of sulfonamides is 1. The van der Waals surface area contributed by atoms with Crippen molar-refractivity contribution in [2.24, 2.45) is 5.92 Å². The summed E-state index contributed by atoms with van der Waals surface area (Å²) in [5, 5.41) is 2.87. The van der Waals surface area contributed by atoms with Crippen LogP contribution in [-0.4, -0.2) is 50.9 Å². The summed E-state index contributed by atoms with van der Waals surface area (Å²) in [6, 6.07) is 6.48. The van der Waals surface area contributed by atoms with Crippen molar-refractivity contribution in [2.45, 2.75) is 24.7 Å². The maximum atomic E-state index is 12.8. The number of benzene rings is 1. The van der Waals surface area contributed by atoms with E-state index < -0.39 is 10.0 Å². The smallest absolute Gasteiger partial charge is 0.246 e. The number of piperidine rings is 1. The number of ether oxygens (including phenoxy) is 2.